The van der Waals surface area contributed by atoms with E-state index in [9.17, 15) is 34.9 Å². The van der Waals surface area contributed by atoms with Crippen molar-refractivity contribution in [2.75, 3.05) is 26.4 Å². The number of hydrogen-bond donors (Lipinski definition) is 2. The summed E-state index contributed by atoms with van der Waals surface area (Å²) in [4.78, 5) is 59.4. The zero-order chi connectivity index (χ0) is 24.4. The van der Waals surface area contributed by atoms with Gasteiger partial charge in [-0.25, -0.2) is 14.7 Å². The SMILES string of the molecule is O=C(OCCCOOCC1CCCC([N+](=O)[O-])C1COO)C1CCCC([N+](=O)[O-])C1C(=O)O. The average molecular weight is 478 g/mol. The average Bonchev–Trinajstić information content (AvgIpc) is 2.78. The number of nitro groups is 2. The van der Waals surface area contributed by atoms with Gasteiger partial charge >= 0.3 is 11.9 Å². The van der Waals surface area contributed by atoms with Gasteiger partial charge in [0.2, 0.25) is 12.1 Å². The molecule has 0 aromatic rings. The molecule has 0 amide bonds. The highest BCUT2D eigenvalue weighted by atomic mass is 17.2. The van der Waals surface area contributed by atoms with Crippen molar-refractivity contribution in [1.82, 2.24) is 0 Å². The van der Waals surface area contributed by atoms with Crippen LogP contribution in [0.1, 0.15) is 44.9 Å². The Bertz CT molecular complexity index is 690. The van der Waals surface area contributed by atoms with Crippen LogP contribution >= 0.6 is 0 Å². The maximum absolute atomic E-state index is 12.3. The Balaban J connectivity index is 1.69. The van der Waals surface area contributed by atoms with Crippen LogP contribution in [0.25, 0.3) is 0 Å². The Morgan fingerprint density at radius 1 is 0.909 bits per heavy atom. The van der Waals surface area contributed by atoms with Crippen molar-refractivity contribution in [3.63, 3.8) is 0 Å². The van der Waals surface area contributed by atoms with E-state index in [1.54, 1.807) is 0 Å². The summed E-state index contributed by atoms with van der Waals surface area (Å²) in [6.07, 6.45) is 2.63. The van der Waals surface area contributed by atoms with Crippen LogP contribution < -0.4 is 0 Å². The number of carbonyl (C=O) groups excluding carboxylic acids is 1. The third-order valence-electron chi connectivity index (χ3n) is 6.42. The Hall–Kier alpha value is -2.42. The quantitative estimate of drug-likeness (QED) is 0.127. The summed E-state index contributed by atoms with van der Waals surface area (Å²) in [6.45, 7) is -0.138. The highest BCUT2D eigenvalue weighted by Crippen LogP contribution is 2.34. The Labute approximate surface area is 189 Å². The molecule has 2 saturated carbocycles. The molecule has 14 nitrogen and oxygen atoms in total. The van der Waals surface area contributed by atoms with Gasteiger partial charge in [0.05, 0.1) is 38.3 Å². The number of carboxylic acid groups (broad SMARTS) is 1. The van der Waals surface area contributed by atoms with Crippen LogP contribution in [-0.2, 0) is 29.0 Å². The van der Waals surface area contributed by atoms with E-state index in [0.717, 1.165) is 0 Å². The minimum atomic E-state index is -1.42. The van der Waals surface area contributed by atoms with Gasteiger partial charge in [0, 0.05) is 29.1 Å². The number of esters is 1. The minimum absolute atomic E-state index is 0.0460. The second-order valence-electron chi connectivity index (χ2n) is 8.38. The van der Waals surface area contributed by atoms with Crippen molar-refractivity contribution < 1.29 is 49.2 Å². The van der Waals surface area contributed by atoms with Gasteiger partial charge in [-0.2, -0.15) is 0 Å². The summed E-state index contributed by atoms with van der Waals surface area (Å²) < 4.78 is 5.10. The van der Waals surface area contributed by atoms with Gasteiger partial charge in [0.25, 0.3) is 0 Å². The summed E-state index contributed by atoms with van der Waals surface area (Å²) >= 11 is 0. The van der Waals surface area contributed by atoms with Gasteiger partial charge in [0.15, 0.2) is 0 Å². The molecule has 2 rings (SSSR count). The van der Waals surface area contributed by atoms with E-state index < -0.39 is 46.7 Å². The Kier molecular flexibility index (Phi) is 10.8. The lowest BCUT2D eigenvalue weighted by molar-refractivity contribution is -0.541. The zero-order valence-corrected chi connectivity index (χ0v) is 18.1. The largest absolute Gasteiger partial charge is 0.481 e. The lowest BCUT2D eigenvalue weighted by Crippen LogP contribution is -2.45. The molecule has 0 radical (unpaired) electrons. The number of carboxylic acids is 1. The van der Waals surface area contributed by atoms with Gasteiger partial charge in [-0.05, 0) is 31.6 Å². The van der Waals surface area contributed by atoms with E-state index in [4.69, 9.17) is 19.8 Å². The molecule has 0 spiro atoms. The van der Waals surface area contributed by atoms with Crippen molar-refractivity contribution in [2.24, 2.45) is 23.7 Å². The van der Waals surface area contributed by atoms with Crippen LogP contribution in [0.3, 0.4) is 0 Å². The zero-order valence-electron chi connectivity index (χ0n) is 18.1. The summed E-state index contributed by atoms with van der Waals surface area (Å²) in [5.41, 5.74) is 0. The van der Waals surface area contributed by atoms with E-state index >= 15 is 0 Å². The number of nitrogens with zero attached hydrogens (tertiary/aromatic N) is 2. The predicted octanol–water partition coefficient (Wildman–Crippen LogP) is 1.57. The summed E-state index contributed by atoms with van der Waals surface area (Å²) in [6, 6.07) is -2.15. The van der Waals surface area contributed by atoms with E-state index in [0.29, 0.717) is 25.7 Å². The molecule has 2 aliphatic rings. The molecule has 0 bridgehead atoms. The molecular formula is C19H30N2O12. The van der Waals surface area contributed by atoms with Gasteiger partial charge in [-0.3, -0.25) is 35.1 Å². The number of aliphatic carboxylic acids is 1. The molecule has 2 aliphatic carbocycles. The molecule has 0 aliphatic heterocycles. The molecule has 33 heavy (non-hydrogen) atoms. The fourth-order valence-corrected chi connectivity index (χ4v) is 4.74. The van der Waals surface area contributed by atoms with Gasteiger partial charge < -0.3 is 9.84 Å². The maximum atomic E-state index is 12.3. The first-order valence-electron chi connectivity index (χ1n) is 10.9. The second-order valence-corrected chi connectivity index (χ2v) is 8.38. The van der Waals surface area contributed by atoms with Crippen molar-refractivity contribution in [1.29, 1.82) is 0 Å². The smallest absolute Gasteiger partial charge is 0.314 e. The normalized spacial score (nSPS) is 29.8. The van der Waals surface area contributed by atoms with Crippen LogP contribution in [0.5, 0.6) is 0 Å². The minimum Gasteiger partial charge on any atom is -0.481 e. The van der Waals surface area contributed by atoms with Crippen molar-refractivity contribution >= 4 is 11.9 Å². The maximum Gasteiger partial charge on any atom is 0.314 e. The van der Waals surface area contributed by atoms with Gasteiger partial charge in [-0.1, -0.05) is 0 Å². The van der Waals surface area contributed by atoms with Crippen LogP contribution in [0, 0.1) is 43.9 Å². The fraction of sp³-hybridized carbons (Fsp3) is 0.895. The Morgan fingerprint density at radius 2 is 1.58 bits per heavy atom. The van der Waals surface area contributed by atoms with Crippen molar-refractivity contribution in [3.05, 3.63) is 20.2 Å². The van der Waals surface area contributed by atoms with E-state index in [1.807, 2.05) is 0 Å². The molecular weight excluding hydrogens is 448 g/mol. The highest BCUT2D eigenvalue weighted by molar-refractivity contribution is 5.81. The van der Waals surface area contributed by atoms with Gasteiger partial charge in [-0.15, -0.1) is 0 Å². The van der Waals surface area contributed by atoms with Crippen LogP contribution in [0.15, 0.2) is 0 Å². The lowest BCUT2D eigenvalue weighted by atomic mass is 9.76. The van der Waals surface area contributed by atoms with E-state index in [1.165, 1.54) is 0 Å². The molecule has 2 fully saturated rings. The van der Waals surface area contributed by atoms with Crippen molar-refractivity contribution in [3.8, 4) is 0 Å². The number of carbonyl (C=O) groups is 2. The van der Waals surface area contributed by atoms with Crippen LogP contribution in [0.2, 0.25) is 0 Å². The number of ether oxygens (including phenoxy) is 1. The Morgan fingerprint density at radius 3 is 2.21 bits per heavy atom. The summed E-state index contributed by atoms with van der Waals surface area (Å²) in [7, 11) is 0. The second kappa shape index (κ2) is 13.3. The molecule has 0 aromatic carbocycles. The highest BCUT2D eigenvalue weighted by Gasteiger charge is 2.49. The molecule has 0 saturated heterocycles. The van der Waals surface area contributed by atoms with E-state index in [2.05, 4.69) is 4.89 Å². The molecule has 188 valence electrons. The summed E-state index contributed by atoms with van der Waals surface area (Å²) in [5.74, 6) is -5.40. The van der Waals surface area contributed by atoms with E-state index in [-0.39, 0.29) is 56.5 Å². The topological polar surface area (TPSA) is 198 Å². The predicted molar refractivity (Wildman–Crippen MR) is 107 cm³/mol. The first-order valence-corrected chi connectivity index (χ1v) is 10.9. The monoisotopic (exact) mass is 478 g/mol. The summed E-state index contributed by atoms with van der Waals surface area (Å²) in [5, 5.41) is 40.4. The molecule has 0 heterocycles. The molecule has 6 unspecified atom stereocenters. The first-order chi connectivity index (χ1) is 15.8. The molecule has 0 aromatic heterocycles. The molecule has 2 N–H and O–H groups in total. The lowest BCUT2D eigenvalue weighted by Gasteiger charge is -2.31. The van der Waals surface area contributed by atoms with Crippen molar-refractivity contribution in [2.45, 2.75) is 57.0 Å². The van der Waals surface area contributed by atoms with Crippen LogP contribution in [-0.4, -0.2) is 70.7 Å². The number of hydrogen-bond acceptors (Lipinski definition) is 11. The standard InChI is InChI=1S/C19H30N2O12/c22-18(23)17-13(5-2-7-16(17)21(27)28)19(24)30-8-3-9-32-33-10-12-4-1-6-15(20(25)26)14(12)11-31-29/h12-17,29H,1-11H2,(H,22,23). The third kappa shape index (κ3) is 7.55. The first kappa shape index (κ1) is 26.8. The number of rotatable bonds is 13. The van der Waals surface area contributed by atoms with Crippen LogP contribution in [0.4, 0.5) is 0 Å². The third-order valence-corrected chi connectivity index (χ3v) is 6.42. The molecule has 6 atom stereocenters. The fourth-order valence-electron chi connectivity index (χ4n) is 4.74. The molecule has 14 heteroatoms. The van der Waals surface area contributed by atoms with Gasteiger partial charge in [0.1, 0.15) is 5.92 Å².